The van der Waals surface area contributed by atoms with Crippen molar-refractivity contribution in [1.82, 2.24) is 19.4 Å². The van der Waals surface area contributed by atoms with Gasteiger partial charge in [-0.2, -0.15) is 0 Å². The summed E-state index contributed by atoms with van der Waals surface area (Å²) >= 11 is 0. The van der Waals surface area contributed by atoms with Crippen LogP contribution in [0.5, 0.6) is 5.75 Å². The third-order valence-electron chi connectivity index (χ3n) is 5.06. The number of ether oxygens (including phenoxy) is 1. The maximum atomic E-state index is 8.71. The Balaban J connectivity index is 1.86. The number of nitrogen functional groups attached to an aromatic ring is 1. The van der Waals surface area contributed by atoms with Gasteiger partial charge >= 0.3 is 0 Å². The van der Waals surface area contributed by atoms with Crippen LogP contribution >= 0.6 is 0 Å². The van der Waals surface area contributed by atoms with Crippen LogP contribution in [-0.4, -0.2) is 60.7 Å². The van der Waals surface area contributed by atoms with Gasteiger partial charge < -0.3 is 30.2 Å². The fourth-order valence-electron chi connectivity index (χ4n) is 3.31. The van der Waals surface area contributed by atoms with Crippen molar-refractivity contribution in [1.29, 1.82) is 0 Å². The number of hydrogen-bond acceptors (Lipinski definition) is 7. The van der Waals surface area contributed by atoms with E-state index in [2.05, 4.69) is 15.3 Å². The van der Waals surface area contributed by atoms with Gasteiger partial charge in [0.15, 0.2) is 0 Å². The van der Waals surface area contributed by atoms with Crippen molar-refractivity contribution in [3.8, 4) is 17.0 Å². The van der Waals surface area contributed by atoms with Crippen molar-refractivity contribution in [2.24, 2.45) is 6.98 Å². The summed E-state index contributed by atoms with van der Waals surface area (Å²) in [4.78, 5) is 12.4. The lowest BCUT2D eigenvalue weighted by Gasteiger charge is -2.24. The fraction of sp³-hybridized carbons (Fsp3) is 0.280. The number of para-hydroxylation sites is 1. The van der Waals surface area contributed by atoms with Crippen molar-refractivity contribution in [2.45, 2.75) is 0 Å². The molecule has 0 amide bonds. The molecule has 0 radical (unpaired) electrons. The van der Waals surface area contributed by atoms with Gasteiger partial charge in [0.1, 0.15) is 5.75 Å². The average molecular weight is 457 g/mol. The Kier molecular flexibility index (Phi) is 3.54. The lowest BCUT2D eigenvalue weighted by Crippen LogP contribution is -2.29. The van der Waals surface area contributed by atoms with Gasteiger partial charge in [-0.15, -0.1) is 0 Å². The Labute approximate surface area is 210 Å². The second-order valence-corrected chi connectivity index (χ2v) is 7.67. The first kappa shape index (κ1) is 12.5. The quantitative estimate of drug-likeness (QED) is 0.388. The van der Waals surface area contributed by atoms with Crippen LogP contribution in [0.15, 0.2) is 54.7 Å². The molecule has 3 N–H and O–H groups in total. The molecule has 172 valence electrons. The summed E-state index contributed by atoms with van der Waals surface area (Å²) in [6.07, 6.45) is 0.697. The molecule has 0 atom stereocenters. The number of nitrogens with one attached hydrogen (secondary N) is 1. The summed E-state index contributed by atoms with van der Waals surface area (Å²) in [5.74, 6) is -0.185. The van der Waals surface area contributed by atoms with Gasteiger partial charge in [0.25, 0.3) is 0 Å². The summed E-state index contributed by atoms with van der Waals surface area (Å²) in [7, 11) is 2.83. The van der Waals surface area contributed by atoms with Gasteiger partial charge in [-0.3, -0.25) is 0 Å². The number of methoxy groups -OCH3 is 1. The summed E-state index contributed by atoms with van der Waals surface area (Å²) in [5, 5.41) is 2.69. The van der Waals surface area contributed by atoms with Gasteiger partial charge in [-0.1, -0.05) is 18.1 Å². The molecule has 0 aliphatic rings. The van der Waals surface area contributed by atoms with Crippen molar-refractivity contribution in [3.05, 3.63) is 54.7 Å². The summed E-state index contributed by atoms with van der Waals surface area (Å²) in [6, 6.07) is 1.92. The predicted molar refractivity (Wildman–Crippen MR) is 136 cm³/mol. The van der Waals surface area contributed by atoms with Gasteiger partial charge in [0.05, 0.1) is 40.8 Å². The number of aryl methyl sites for hydroxylation is 1. The fourth-order valence-corrected chi connectivity index (χ4v) is 3.31. The number of rotatable bonds is 8. The number of nitrogens with zero attached hydrogens (tertiary/aromatic N) is 5. The third kappa shape index (κ3) is 4.70. The first-order valence-electron chi connectivity index (χ1n) is 15.5. The minimum Gasteiger partial charge on any atom is -0.494 e. The average Bonchev–Trinajstić information content (AvgIpc) is 3.23. The van der Waals surface area contributed by atoms with E-state index in [9.17, 15) is 0 Å². The monoisotopic (exact) mass is 456 g/mol. The Bertz CT molecular complexity index is 1720. The normalized spacial score (nSPS) is 16.8. The second-order valence-electron chi connectivity index (χ2n) is 7.67. The van der Waals surface area contributed by atoms with E-state index in [1.807, 2.05) is 23.9 Å². The molecule has 0 saturated carbocycles. The van der Waals surface area contributed by atoms with E-state index >= 15 is 0 Å². The number of aromatic nitrogens is 3. The molecule has 0 spiro atoms. The zero-order valence-electron chi connectivity index (χ0n) is 29.4. The molecular weight excluding hydrogens is 414 g/mol. The standard InChI is InChI=1S/C25H31N7O/c1-30(2)12-13-31(3)23-15-24(33-5)21(14-19(23)26)29-25-27-11-10-20(28-25)18-16-32(4)22-9-7-6-8-17(18)22/h6-11,14-16H,12-13,26H2,1-5H3,(H,27,28,29)/i4D3,5D3,6D,7D,8D,9D,16D. The zero-order valence-corrected chi connectivity index (χ0v) is 18.4. The highest BCUT2D eigenvalue weighted by molar-refractivity contribution is 5.95. The first-order valence-corrected chi connectivity index (χ1v) is 10.0. The molecule has 0 aliphatic carbocycles. The second kappa shape index (κ2) is 9.38. The summed E-state index contributed by atoms with van der Waals surface area (Å²) < 4.78 is 94.4. The highest BCUT2D eigenvalue weighted by atomic mass is 16.5. The van der Waals surface area contributed by atoms with Crippen LogP contribution in [0, 0.1) is 0 Å². The molecule has 2 aromatic carbocycles. The lowest BCUT2D eigenvalue weighted by atomic mass is 10.1. The SMILES string of the molecule is [2H]c1c([2H])c([2H])c2c(c1[2H])c(-c1ccnc(Nc3cc(N)c(N(C)CCN(C)C)cc3OC([2H])([2H])[2H])n1)c([2H])n2C([2H])([2H])[2H]. The van der Waals surface area contributed by atoms with E-state index in [-0.39, 0.29) is 39.5 Å². The topological polar surface area (TPSA) is 84.5 Å². The van der Waals surface area contributed by atoms with E-state index in [1.54, 1.807) is 7.05 Å². The number of anilines is 4. The number of likely N-dealkylation sites (N-methyl/N-ethyl adjacent to an activating group) is 2. The number of nitrogens with two attached hydrogens (primary N) is 1. The highest BCUT2D eigenvalue weighted by Gasteiger charge is 2.15. The van der Waals surface area contributed by atoms with Crippen LogP contribution in [-0.2, 0) is 6.98 Å². The minimum atomic E-state index is -2.94. The summed E-state index contributed by atoms with van der Waals surface area (Å²) in [5.41, 5.74) is 6.74. The molecule has 0 bridgehead atoms. The Morgan fingerprint density at radius 1 is 1.21 bits per heavy atom. The molecule has 4 aromatic rings. The number of benzene rings is 2. The smallest absolute Gasteiger partial charge is 0.227 e. The van der Waals surface area contributed by atoms with E-state index in [1.165, 1.54) is 24.4 Å². The maximum absolute atomic E-state index is 8.71. The predicted octanol–water partition coefficient (Wildman–Crippen LogP) is 3.97. The van der Waals surface area contributed by atoms with Gasteiger partial charge in [-0.05, 0) is 32.3 Å². The van der Waals surface area contributed by atoms with Crippen LogP contribution < -0.4 is 20.7 Å². The van der Waals surface area contributed by atoms with Crippen LogP contribution in [0.3, 0.4) is 0 Å². The van der Waals surface area contributed by atoms with E-state index < -0.39 is 44.4 Å². The molecule has 0 saturated heterocycles. The minimum absolute atomic E-state index is 0.0168. The lowest BCUT2D eigenvalue weighted by molar-refractivity contribution is 0.413. The summed E-state index contributed by atoms with van der Waals surface area (Å²) in [6.45, 7) is -1.66. The van der Waals surface area contributed by atoms with Crippen molar-refractivity contribution in [3.63, 3.8) is 0 Å². The van der Waals surface area contributed by atoms with Crippen molar-refractivity contribution < 1.29 is 19.8 Å². The zero-order chi connectivity index (χ0) is 32.9. The van der Waals surface area contributed by atoms with Crippen LogP contribution in [0.1, 0.15) is 15.1 Å². The van der Waals surface area contributed by atoms with E-state index in [0.717, 1.165) is 0 Å². The molecule has 0 aliphatic heterocycles. The molecule has 0 fully saturated rings. The van der Waals surface area contributed by atoms with Gasteiger partial charge in [-0.25, -0.2) is 9.97 Å². The van der Waals surface area contributed by atoms with Crippen LogP contribution in [0.4, 0.5) is 23.0 Å². The van der Waals surface area contributed by atoms with E-state index in [4.69, 9.17) is 25.5 Å². The Morgan fingerprint density at radius 2 is 2.06 bits per heavy atom. The molecule has 33 heavy (non-hydrogen) atoms. The largest absolute Gasteiger partial charge is 0.494 e. The van der Waals surface area contributed by atoms with Gasteiger partial charge in [0.2, 0.25) is 5.95 Å². The van der Waals surface area contributed by atoms with Crippen molar-refractivity contribution in [2.75, 3.05) is 57.2 Å². The first-order chi connectivity index (χ1) is 20.3. The molecule has 8 nitrogen and oxygen atoms in total. The van der Waals surface area contributed by atoms with Crippen LogP contribution in [0.2, 0.25) is 0 Å². The highest BCUT2D eigenvalue weighted by Crippen LogP contribution is 2.36. The molecule has 0 unspecified atom stereocenters. The van der Waals surface area contributed by atoms with Crippen molar-refractivity contribution >= 4 is 33.9 Å². The maximum Gasteiger partial charge on any atom is 0.227 e. The molecule has 8 heteroatoms. The molecular formula is C25H31N7O. The van der Waals surface area contributed by atoms with Gasteiger partial charge in [0, 0.05) is 66.1 Å². The Morgan fingerprint density at radius 3 is 2.85 bits per heavy atom. The van der Waals surface area contributed by atoms with E-state index in [0.29, 0.717) is 29.0 Å². The number of hydrogen-bond donors (Lipinski definition) is 2. The Hall–Kier alpha value is -3.78. The molecule has 2 heterocycles. The molecule has 2 aromatic heterocycles. The van der Waals surface area contributed by atoms with Crippen LogP contribution in [0.25, 0.3) is 22.2 Å². The molecule has 4 rings (SSSR count). The number of fused-ring (bicyclic) bond motifs is 1. The third-order valence-corrected chi connectivity index (χ3v) is 5.06.